The van der Waals surface area contributed by atoms with Gasteiger partial charge in [-0.3, -0.25) is 14.4 Å². The highest BCUT2D eigenvalue weighted by Crippen LogP contribution is 2.26. The molecule has 0 saturated carbocycles. The number of benzene rings is 1. The summed E-state index contributed by atoms with van der Waals surface area (Å²) in [6, 6.07) is 7.57. The Morgan fingerprint density at radius 1 is 1.30 bits per heavy atom. The lowest BCUT2D eigenvalue weighted by atomic mass is 10.1. The summed E-state index contributed by atoms with van der Waals surface area (Å²) in [6.45, 7) is 4.46. The molecule has 0 bridgehead atoms. The third-order valence-corrected chi connectivity index (χ3v) is 3.72. The van der Waals surface area contributed by atoms with E-state index in [4.69, 9.17) is 4.74 Å². The van der Waals surface area contributed by atoms with Gasteiger partial charge in [-0.1, -0.05) is 24.6 Å². The second-order valence-corrected chi connectivity index (χ2v) is 5.70. The summed E-state index contributed by atoms with van der Waals surface area (Å²) in [4.78, 5) is 37.1. The van der Waals surface area contributed by atoms with E-state index in [0.29, 0.717) is 6.54 Å². The van der Waals surface area contributed by atoms with E-state index in [9.17, 15) is 14.4 Å². The van der Waals surface area contributed by atoms with Gasteiger partial charge in [-0.2, -0.15) is 0 Å². The highest BCUT2D eigenvalue weighted by Gasteiger charge is 2.36. The Labute approximate surface area is 135 Å². The van der Waals surface area contributed by atoms with Crippen molar-refractivity contribution < 1.29 is 19.1 Å². The van der Waals surface area contributed by atoms with E-state index in [1.807, 2.05) is 38.1 Å². The lowest BCUT2D eigenvalue weighted by molar-refractivity contribution is -0.152. The fourth-order valence-electron chi connectivity index (χ4n) is 2.41. The fraction of sp³-hybridized carbons (Fsp3) is 0.471. The van der Waals surface area contributed by atoms with Crippen molar-refractivity contribution >= 4 is 23.5 Å². The van der Waals surface area contributed by atoms with Crippen LogP contribution in [0.3, 0.4) is 0 Å². The van der Waals surface area contributed by atoms with E-state index in [1.165, 1.54) is 0 Å². The Hall–Kier alpha value is -2.37. The average Bonchev–Trinajstić information content (AvgIpc) is 2.93. The third-order valence-electron chi connectivity index (χ3n) is 3.72. The molecule has 0 radical (unpaired) electrons. The summed E-state index contributed by atoms with van der Waals surface area (Å²) in [5.41, 5.74) is 1.88. The molecule has 2 rings (SSSR count). The predicted molar refractivity (Wildman–Crippen MR) is 85.9 cm³/mol. The topological polar surface area (TPSA) is 75.7 Å². The Bertz CT molecular complexity index is 583. The van der Waals surface area contributed by atoms with E-state index in [0.717, 1.165) is 17.7 Å². The first-order valence-electron chi connectivity index (χ1n) is 7.81. The Kier molecular flexibility index (Phi) is 5.73. The molecule has 124 valence electrons. The summed E-state index contributed by atoms with van der Waals surface area (Å²) < 4.78 is 5.01. The molecule has 0 spiro atoms. The molecule has 6 heteroatoms. The Morgan fingerprint density at radius 3 is 2.65 bits per heavy atom. The van der Waals surface area contributed by atoms with Crippen molar-refractivity contribution in [3.63, 3.8) is 0 Å². The predicted octanol–water partition coefficient (Wildman–Crippen LogP) is 1.42. The van der Waals surface area contributed by atoms with E-state index >= 15 is 0 Å². The van der Waals surface area contributed by atoms with Crippen LogP contribution in [0.25, 0.3) is 0 Å². The minimum atomic E-state index is -0.525. The third kappa shape index (κ3) is 4.55. The molecule has 1 aliphatic rings. The van der Waals surface area contributed by atoms with Crippen LogP contribution >= 0.6 is 0 Å². The van der Waals surface area contributed by atoms with Crippen molar-refractivity contribution in [2.24, 2.45) is 5.92 Å². The van der Waals surface area contributed by atoms with E-state index < -0.39 is 11.9 Å². The monoisotopic (exact) mass is 318 g/mol. The smallest absolute Gasteiger partial charge is 0.311 e. The molecule has 2 amide bonds. The van der Waals surface area contributed by atoms with Crippen LogP contribution in [0.4, 0.5) is 5.69 Å². The maximum Gasteiger partial charge on any atom is 0.311 e. The molecule has 1 saturated heterocycles. The van der Waals surface area contributed by atoms with Crippen molar-refractivity contribution in [3.05, 3.63) is 29.8 Å². The van der Waals surface area contributed by atoms with E-state index in [1.54, 1.807) is 4.90 Å². The van der Waals surface area contributed by atoms with Crippen LogP contribution in [-0.4, -0.2) is 37.5 Å². The molecular formula is C17H22N2O4. The molecular weight excluding hydrogens is 296 g/mol. The SMILES string of the molecule is CCCNC(=O)COC(=O)[C@H]1CC(=O)N(c2ccc(C)cc2)C1. The molecule has 1 aromatic carbocycles. The van der Waals surface area contributed by atoms with Crippen molar-refractivity contribution in [1.29, 1.82) is 0 Å². The molecule has 1 aromatic rings. The minimum absolute atomic E-state index is 0.105. The molecule has 1 N–H and O–H groups in total. The van der Waals surface area contributed by atoms with Crippen molar-refractivity contribution in [3.8, 4) is 0 Å². The summed E-state index contributed by atoms with van der Waals surface area (Å²) in [5, 5.41) is 2.63. The van der Waals surface area contributed by atoms with Gasteiger partial charge in [-0.05, 0) is 25.5 Å². The number of esters is 1. The summed E-state index contributed by atoms with van der Waals surface area (Å²) >= 11 is 0. The van der Waals surface area contributed by atoms with Gasteiger partial charge in [-0.15, -0.1) is 0 Å². The first-order valence-corrected chi connectivity index (χ1v) is 7.81. The van der Waals surface area contributed by atoms with Gasteiger partial charge in [0.05, 0.1) is 5.92 Å². The second-order valence-electron chi connectivity index (χ2n) is 5.70. The molecule has 1 atom stereocenters. The average molecular weight is 318 g/mol. The van der Waals surface area contributed by atoms with Crippen LogP contribution < -0.4 is 10.2 Å². The molecule has 6 nitrogen and oxygen atoms in total. The van der Waals surface area contributed by atoms with Crippen LogP contribution in [0, 0.1) is 12.8 Å². The summed E-state index contributed by atoms with van der Waals surface area (Å²) in [7, 11) is 0. The number of hydrogen-bond donors (Lipinski definition) is 1. The fourth-order valence-corrected chi connectivity index (χ4v) is 2.41. The maximum absolute atomic E-state index is 12.1. The normalized spacial score (nSPS) is 17.2. The molecule has 0 unspecified atom stereocenters. The van der Waals surface area contributed by atoms with Gasteiger partial charge in [0.25, 0.3) is 5.91 Å². The van der Waals surface area contributed by atoms with Gasteiger partial charge in [-0.25, -0.2) is 0 Å². The first kappa shape index (κ1) is 17.0. The number of anilines is 1. The molecule has 1 fully saturated rings. The molecule has 1 heterocycles. The van der Waals surface area contributed by atoms with E-state index in [2.05, 4.69) is 5.32 Å². The molecule has 23 heavy (non-hydrogen) atoms. The number of rotatable bonds is 6. The zero-order valence-corrected chi connectivity index (χ0v) is 13.5. The number of aryl methyl sites for hydroxylation is 1. The van der Waals surface area contributed by atoms with Crippen LogP contribution in [0.15, 0.2) is 24.3 Å². The Balaban J connectivity index is 1.87. The first-order chi connectivity index (χ1) is 11.0. The molecule has 1 aliphatic heterocycles. The number of carbonyl (C=O) groups is 3. The zero-order valence-electron chi connectivity index (χ0n) is 13.5. The second kappa shape index (κ2) is 7.76. The van der Waals surface area contributed by atoms with Gasteiger partial charge in [0.15, 0.2) is 6.61 Å². The van der Waals surface area contributed by atoms with Crippen molar-refractivity contribution in [2.75, 3.05) is 24.6 Å². The van der Waals surface area contributed by atoms with Crippen LogP contribution in [0.1, 0.15) is 25.3 Å². The van der Waals surface area contributed by atoms with Crippen molar-refractivity contribution in [1.82, 2.24) is 5.32 Å². The molecule has 0 aliphatic carbocycles. The largest absolute Gasteiger partial charge is 0.455 e. The quantitative estimate of drug-likeness (QED) is 0.805. The standard InChI is InChI=1S/C17H22N2O4/c1-3-8-18-15(20)11-23-17(22)13-9-16(21)19(10-13)14-6-4-12(2)5-7-14/h4-7,13H,3,8-11H2,1-2H3,(H,18,20)/t13-/m0/s1. The number of carbonyl (C=O) groups excluding carboxylic acids is 3. The Morgan fingerprint density at radius 2 is 2.00 bits per heavy atom. The number of nitrogens with one attached hydrogen (secondary N) is 1. The number of hydrogen-bond acceptors (Lipinski definition) is 4. The molecule has 0 aromatic heterocycles. The van der Waals surface area contributed by atoms with Gasteiger partial charge in [0, 0.05) is 25.2 Å². The number of nitrogens with zero attached hydrogens (tertiary/aromatic N) is 1. The maximum atomic E-state index is 12.1. The van der Waals surface area contributed by atoms with Gasteiger partial charge < -0.3 is 15.0 Å². The van der Waals surface area contributed by atoms with Crippen LogP contribution in [0.5, 0.6) is 0 Å². The van der Waals surface area contributed by atoms with Gasteiger partial charge in [0.1, 0.15) is 0 Å². The number of ether oxygens (including phenoxy) is 1. The van der Waals surface area contributed by atoms with E-state index in [-0.39, 0.29) is 31.4 Å². The van der Waals surface area contributed by atoms with Crippen LogP contribution in [0.2, 0.25) is 0 Å². The zero-order chi connectivity index (χ0) is 16.8. The van der Waals surface area contributed by atoms with Crippen molar-refractivity contribution in [2.45, 2.75) is 26.7 Å². The highest BCUT2D eigenvalue weighted by atomic mass is 16.5. The van der Waals surface area contributed by atoms with Gasteiger partial charge >= 0.3 is 5.97 Å². The number of amides is 2. The minimum Gasteiger partial charge on any atom is -0.455 e. The summed E-state index contributed by atoms with van der Waals surface area (Å²) in [6.07, 6.45) is 0.936. The summed E-state index contributed by atoms with van der Waals surface area (Å²) in [5.74, 6) is -1.45. The lowest BCUT2D eigenvalue weighted by Crippen LogP contribution is -2.31. The van der Waals surface area contributed by atoms with Crippen LogP contribution in [-0.2, 0) is 19.1 Å². The van der Waals surface area contributed by atoms with Gasteiger partial charge in [0.2, 0.25) is 5.91 Å². The highest BCUT2D eigenvalue weighted by molar-refractivity contribution is 5.99. The lowest BCUT2D eigenvalue weighted by Gasteiger charge is -2.16.